The molecular weight excluding hydrogens is 262 g/mol. The number of piperidine rings is 1. The quantitative estimate of drug-likeness (QED) is 0.726. The summed E-state index contributed by atoms with van der Waals surface area (Å²) in [5.41, 5.74) is 0. The molecule has 0 radical (unpaired) electrons. The Balaban J connectivity index is 2.29. The number of hydrogen-bond acceptors (Lipinski definition) is 4. The minimum atomic E-state index is -0.208. The second-order valence-electron chi connectivity index (χ2n) is 5.68. The van der Waals surface area contributed by atoms with Crippen molar-refractivity contribution in [1.82, 2.24) is 4.90 Å². The predicted molar refractivity (Wildman–Crippen MR) is 78.0 cm³/mol. The van der Waals surface area contributed by atoms with Crippen molar-refractivity contribution in [2.75, 3.05) is 31.7 Å². The maximum atomic E-state index is 12.1. The molecule has 0 spiro atoms. The highest BCUT2D eigenvalue weighted by molar-refractivity contribution is 7.99. The summed E-state index contributed by atoms with van der Waals surface area (Å²) in [6, 6.07) is 0. The van der Waals surface area contributed by atoms with Crippen molar-refractivity contribution in [1.29, 1.82) is 0 Å². The molecular formula is C14H25NO3S. The number of nitrogens with zero attached hydrogens (tertiary/aromatic N) is 1. The van der Waals surface area contributed by atoms with Gasteiger partial charge >= 0.3 is 5.97 Å². The summed E-state index contributed by atoms with van der Waals surface area (Å²) < 4.78 is 4.67. The number of amides is 1. The van der Waals surface area contributed by atoms with Gasteiger partial charge < -0.3 is 9.64 Å². The molecule has 3 atom stereocenters. The minimum absolute atomic E-state index is 0.151. The molecule has 4 nitrogen and oxygen atoms in total. The van der Waals surface area contributed by atoms with E-state index in [1.807, 2.05) is 11.8 Å². The number of hydrogen-bond donors (Lipinski definition) is 0. The van der Waals surface area contributed by atoms with E-state index in [9.17, 15) is 9.59 Å². The Morgan fingerprint density at radius 1 is 1.32 bits per heavy atom. The first kappa shape index (κ1) is 16.3. The third kappa shape index (κ3) is 5.43. The Morgan fingerprint density at radius 3 is 2.42 bits per heavy atom. The van der Waals surface area contributed by atoms with Crippen LogP contribution in [0.1, 0.15) is 27.2 Å². The van der Waals surface area contributed by atoms with E-state index in [2.05, 4.69) is 18.6 Å². The van der Waals surface area contributed by atoms with Gasteiger partial charge in [0.2, 0.25) is 5.91 Å². The molecule has 0 aromatic heterocycles. The Bertz CT molecular complexity index is 312. The standard InChI is InChI=1S/C14H25NO3S/c1-10-5-11(2)7-15(6-10)13(16)9-19-8-12(3)14(17)18-4/h10-12H,5-9H2,1-4H3. The fourth-order valence-electron chi connectivity index (χ4n) is 2.55. The fraction of sp³-hybridized carbons (Fsp3) is 0.857. The first-order chi connectivity index (χ1) is 8.93. The first-order valence-electron chi connectivity index (χ1n) is 6.87. The Labute approximate surface area is 120 Å². The Hall–Kier alpha value is -0.710. The van der Waals surface area contributed by atoms with Gasteiger partial charge in [0.15, 0.2) is 0 Å². The van der Waals surface area contributed by atoms with Crippen molar-refractivity contribution < 1.29 is 14.3 Å². The molecule has 0 N–H and O–H groups in total. The predicted octanol–water partition coefficient (Wildman–Crippen LogP) is 2.03. The summed E-state index contributed by atoms with van der Waals surface area (Å²) in [5, 5.41) is 0. The van der Waals surface area contributed by atoms with Crippen LogP contribution in [0.25, 0.3) is 0 Å². The molecule has 0 aromatic rings. The topological polar surface area (TPSA) is 46.6 Å². The maximum Gasteiger partial charge on any atom is 0.309 e. The molecule has 1 amide bonds. The van der Waals surface area contributed by atoms with Crippen LogP contribution in [0.5, 0.6) is 0 Å². The molecule has 1 rings (SSSR count). The molecule has 0 aromatic carbocycles. The van der Waals surface area contributed by atoms with Crippen molar-refractivity contribution >= 4 is 23.6 Å². The number of carbonyl (C=O) groups is 2. The van der Waals surface area contributed by atoms with Gasteiger partial charge in [-0.05, 0) is 18.3 Å². The van der Waals surface area contributed by atoms with Crippen LogP contribution < -0.4 is 0 Å². The third-order valence-electron chi connectivity index (χ3n) is 3.42. The van der Waals surface area contributed by atoms with Gasteiger partial charge in [-0.3, -0.25) is 9.59 Å². The lowest BCUT2D eigenvalue weighted by molar-refractivity contribution is -0.144. The molecule has 0 bridgehead atoms. The fourth-order valence-corrected chi connectivity index (χ4v) is 3.51. The van der Waals surface area contributed by atoms with Gasteiger partial charge in [0.25, 0.3) is 0 Å². The van der Waals surface area contributed by atoms with Gasteiger partial charge in [-0.15, -0.1) is 0 Å². The second-order valence-corrected chi connectivity index (χ2v) is 6.71. The number of methoxy groups -OCH3 is 1. The Morgan fingerprint density at radius 2 is 1.89 bits per heavy atom. The molecule has 3 unspecified atom stereocenters. The lowest BCUT2D eigenvalue weighted by Crippen LogP contribution is -2.43. The monoisotopic (exact) mass is 287 g/mol. The number of rotatable bonds is 5. The largest absolute Gasteiger partial charge is 0.469 e. The smallest absolute Gasteiger partial charge is 0.309 e. The van der Waals surface area contributed by atoms with Crippen LogP contribution in [0, 0.1) is 17.8 Å². The van der Waals surface area contributed by atoms with Gasteiger partial charge in [0.1, 0.15) is 0 Å². The lowest BCUT2D eigenvalue weighted by atomic mass is 9.92. The highest BCUT2D eigenvalue weighted by atomic mass is 32.2. The second kappa shape index (κ2) is 7.78. The number of likely N-dealkylation sites (tertiary alicyclic amines) is 1. The van der Waals surface area contributed by atoms with E-state index in [0.29, 0.717) is 23.3 Å². The molecule has 0 aliphatic carbocycles. The average Bonchev–Trinajstić information content (AvgIpc) is 2.36. The zero-order chi connectivity index (χ0) is 14.4. The van der Waals surface area contributed by atoms with E-state index in [4.69, 9.17) is 0 Å². The van der Waals surface area contributed by atoms with E-state index >= 15 is 0 Å². The molecule has 5 heteroatoms. The van der Waals surface area contributed by atoms with Crippen LogP contribution in [0.2, 0.25) is 0 Å². The Kier molecular flexibility index (Phi) is 6.69. The van der Waals surface area contributed by atoms with Crippen molar-refractivity contribution in [3.63, 3.8) is 0 Å². The van der Waals surface area contributed by atoms with Crippen LogP contribution in [0.3, 0.4) is 0 Å². The van der Waals surface area contributed by atoms with Crippen molar-refractivity contribution in [3.8, 4) is 0 Å². The number of carbonyl (C=O) groups excluding carboxylic acids is 2. The maximum absolute atomic E-state index is 12.1. The van der Waals surface area contributed by atoms with Crippen LogP contribution >= 0.6 is 11.8 Å². The van der Waals surface area contributed by atoms with Gasteiger partial charge in [0, 0.05) is 18.8 Å². The molecule has 1 heterocycles. The van der Waals surface area contributed by atoms with Crippen molar-refractivity contribution in [3.05, 3.63) is 0 Å². The lowest BCUT2D eigenvalue weighted by Gasteiger charge is -2.35. The zero-order valence-corrected chi connectivity index (χ0v) is 13.2. The number of thioether (sulfide) groups is 1. The summed E-state index contributed by atoms with van der Waals surface area (Å²) in [6.45, 7) is 7.96. The third-order valence-corrected chi connectivity index (χ3v) is 4.61. The van der Waals surface area contributed by atoms with Gasteiger partial charge in [-0.25, -0.2) is 0 Å². The summed E-state index contributed by atoms with van der Waals surface area (Å²) in [7, 11) is 1.39. The minimum Gasteiger partial charge on any atom is -0.469 e. The number of ether oxygens (including phenoxy) is 1. The highest BCUT2D eigenvalue weighted by Crippen LogP contribution is 2.22. The molecule has 1 saturated heterocycles. The molecule has 0 saturated carbocycles. The van der Waals surface area contributed by atoms with Crippen molar-refractivity contribution in [2.45, 2.75) is 27.2 Å². The van der Waals surface area contributed by atoms with Gasteiger partial charge in [-0.2, -0.15) is 11.8 Å². The molecule has 110 valence electrons. The highest BCUT2D eigenvalue weighted by Gasteiger charge is 2.25. The van der Waals surface area contributed by atoms with Crippen LogP contribution in [0.15, 0.2) is 0 Å². The molecule has 1 aliphatic rings. The summed E-state index contributed by atoms with van der Waals surface area (Å²) >= 11 is 1.52. The molecule has 19 heavy (non-hydrogen) atoms. The van der Waals surface area contributed by atoms with Crippen molar-refractivity contribution in [2.24, 2.45) is 17.8 Å². The van der Waals surface area contributed by atoms with Gasteiger partial charge in [-0.1, -0.05) is 20.8 Å². The molecule has 1 fully saturated rings. The summed E-state index contributed by atoms with van der Waals surface area (Å²) in [6.07, 6.45) is 1.20. The summed E-state index contributed by atoms with van der Waals surface area (Å²) in [4.78, 5) is 25.3. The molecule has 1 aliphatic heterocycles. The van der Waals surface area contributed by atoms with E-state index < -0.39 is 0 Å². The van der Waals surface area contributed by atoms with Gasteiger partial charge in [0.05, 0.1) is 18.8 Å². The first-order valence-corrected chi connectivity index (χ1v) is 8.02. The van der Waals surface area contributed by atoms with Crippen LogP contribution in [-0.2, 0) is 14.3 Å². The summed E-state index contributed by atoms with van der Waals surface area (Å²) in [5.74, 6) is 2.11. The average molecular weight is 287 g/mol. The van der Waals surface area contributed by atoms with E-state index in [1.54, 1.807) is 0 Å². The zero-order valence-electron chi connectivity index (χ0n) is 12.3. The number of esters is 1. The SMILES string of the molecule is COC(=O)C(C)CSCC(=O)N1CC(C)CC(C)C1. The van der Waals surface area contributed by atoms with E-state index in [1.165, 1.54) is 25.3 Å². The normalized spacial score (nSPS) is 24.9. The van der Waals surface area contributed by atoms with Crippen LogP contribution in [-0.4, -0.2) is 48.5 Å². The van der Waals surface area contributed by atoms with Crippen LogP contribution in [0.4, 0.5) is 0 Å². The van der Waals surface area contributed by atoms with E-state index in [0.717, 1.165) is 13.1 Å². The van der Waals surface area contributed by atoms with E-state index in [-0.39, 0.29) is 17.8 Å².